The standard InChI is InChI=1S/C15H21NO2S/c1-4-6-12(7-5-2)14(17)16-11-15(3,18)13-8-9-19-10-13/h4-5,8-10,12,18H,1-2,6-7,11H2,3H3,(H,16,17). The minimum Gasteiger partial charge on any atom is -0.384 e. The summed E-state index contributed by atoms with van der Waals surface area (Å²) in [6, 6.07) is 1.86. The van der Waals surface area contributed by atoms with Crippen LogP contribution in [0.2, 0.25) is 0 Å². The first kappa shape index (κ1) is 15.7. The van der Waals surface area contributed by atoms with Crippen molar-refractivity contribution >= 4 is 17.2 Å². The van der Waals surface area contributed by atoms with Crippen LogP contribution in [0, 0.1) is 5.92 Å². The van der Waals surface area contributed by atoms with E-state index in [-0.39, 0.29) is 18.4 Å². The number of carbonyl (C=O) groups is 1. The molecule has 0 fully saturated rings. The molecule has 0 aliphatic heterocycles. The number of thiophene rings is 1. The first-order valence-electron chi connectivity index (χ1n) is 6.26. The van der Waals surface area contributed by atoms with E-state index in [1.807, 2.05) is 16.8 Å². The van der Waals surface area contributed by atoms with Gasteiger partial charge in [-0.05, 0) is 42.2 Å². The van der Waals surface area contributed by atoms with Crippen LogP contribution in [-0.2, 0) is 10.4 Å². The lowest BCUT2D eigenvalue weighted by molar-refractivity contribution is -0.126. The van der Waals surface area contributed by atoms with Gasteiger partial charge >= 0.3 is 0 Å². The average molecular weight is 279 g/mol. The van der Waals surface area contributed by atoms with E-state index in [0.717, 1.165) is 5.56 Å². The van der Waals surface area contributed by atoms with Gasteiger partial charge in [-0.25, -0.2) is 0 Å². The summed E-state index contributed by atoms with van der Waals surface area (Å²) in [4.78, 5) is 12.0. The Bertz CT molecular complexity index is 413. The summed E-state index contributed by atoms with van der Waals surface area (Å²) in [5.41, 5.74) is -0.218. The maximum absolute atomic E-state index is 12.0. The Morgan fingerprint density at radius 3 is 2.63 bits per heavy atom. The number of allylic oxidation sites excluding steroid dienone is 2. The van der Waals surface area contributed by atoms with Crippen LogP contribution in [0.5, 0.6) is 0 Å². The highest BCUT2D eigenvalue weighted by Crippen LogP contribution is 2.22. The molecule has 0 bridgehead atoms. The van der Waals surface area contributed by atoms with Crippen molar-refractivity contribution in [2.75, 3.05) is 6.54 Å². The van der Waals surface area contributed by atoms with E-state index in [0.29, 0.717) is 12.8 Å². The van der Waals surface area contributed by atoms with E-state index in [2.05, 4.69) is 18.5 Å². The third kappa shape index (κ3) is 4.65. The summed E-state index contributed by atoms with van der Waals surface area (Å²) in [5.74, 6) is -0.233. The van der Waals surface area contributed by atoms with Crippen molar-refractivity contribution in [2.24, 2.45) is 5.92 Å². The van der Waals surface area contributed by atoms with Crippen LogP contribution in [0.3, 0.4) is 0 Å². The van der Waals surface area contributed by atoms with Gasteiger partial charge in [-0.2, -0.15) is 11.3 Å². The summed E-state index contributed by atoms with van der Waals surface area (Å²) in [6.07, 6.45) is 4.67. The fourth-order valence-corrected chi connectivity index (χ4v) is 2.57. The van der Waals surface area contributed by atoms with E-state index in [1.54, 1.807) is 19.1 Å². The predicted octanol–water partition coefficient (Wildman–Crippen LogP) is 2.84. The second kappa shape index (κ2) is 7.26. The lowest BCUT2D eigenvalue weighted by atomic mass is 9.97. The van der Waals surface area contributed by atoms with Gasteiger partial charge < -0.3 is 10.4 Å². The number of amides is 1. The minimum atomic E-state index is -1.04. The molecule has 1 aromatic heterocycles. The Morgan fingerprint density at radius 1 is 1.53 bits per heavy atom. The van der Waals surface area contributed by atoms with E-state index >= 15 is 0 Å². The van der Waals surface area contributed by atoms with Gasteiger partial charge in [0, 0.05) is 5.92 Å². The van der Waals surface area contributed by atoms with Crippen molar-refractivity contribution in [1.82, 2.24) is 5.32 Å². The lowest BCUT2D eigenvalue weighted by Crippen LogP contribution is -2.40. The van der Waals surface area contributed by atoms with E-state index in [4.69, 9.17) is 0 Å². The maximum atomic E-state index is 12.0. The van der Waals surface area contributed by atoms with Crippen LogP contribution in [0.1, 0.15) is 25.3 Å². The largest absolute Gasteiger partial charge is 0.384 e. The molecule has 0 aliphatic carbocycles. The van der Waals surface area contributed by atoms with Gasteiger partial charge in [0.05, 0.1) is 6.54 Å². The summed E-state index contributed by atoms with van der Waals surface area (Å²) in [5, 5.41) is 16.9. The second-order valence-electron chi connectivity index (χ2n) is 4.75. The van der Waals surface area contributed by atoms with Crippen LogP contribution in [0.4, 0.5) is 0 Å². The molecule has 0 aromatic carbocycles. The van der Waals surface area contributed by atoms with Crippen molar-refractivity contribution in [3.8, 4) is 0 Å². The SMILES string of the molecule is C=CCC(CC=C)C(=O)NCC(C)(O)c1ccsc1. The lowest BCUT2D eigenvalue weighted by Gasteiger charge is -2.24. The number of aliphatic hydroxyl groups is 1. The third-order valence-electron chi connectivity index (χ3n) is 3.02. The van der Waals surface area contributed by atoms with Gasteiger partial charge in [-0.1, -0.05) is 12.2 Å². The molecular weight excluding hydrogens is 258 g/mol. The molecule has 2 N–H and O–H groups in total. The molecule has 0 aliphatic rings. The number of hydrogen-bond donors (Lipinski definition) is 2. The zero-order valence-electron chi connectivity index (χ0n) is 11.3. The van der Waals surface area contributed by atoms with E-state index in [1.165, 1.54) is 11.3 Å². The van der Waals surface area contributed by atoms with Crippen molar-refractivity contribution in [1.29, 1.82) is 0 Å². The van der Waals surface area contributed by atoms with Gasteiger partial charge in [-0.15, -0.1) is 13.2 Å². The highest BCUT2D eigenvalue weighted by molar-refractivity contribution is 7.08. The van der Waals surface area contributed by atoms with Gasteiger partial charge in [0.1, 0.15) is 5.60 Å². The Hall–Kier alpha value is -1.39. The van der Waals surface area contributed by atoms with Crippen molar-refractivity contribution < 1.29 is 9.90 Å². The van der Waals surface area contributed by atoms with Crippen LogP contribution in [0.15, 0.2) is 42.1 Å². The highest BCUT2D eigenvalue weighted by atomic mass is 32.1. The summed E-state index contributed by atoms with van der Waals surface area (Å²) in [6.45, 7) is 9.21. The Labute approximate surface area is 118 Å². The Balaban J connectivity index is 2.57. The molecule has 19 heavy (non-hydrogen) atoms. The van der Waals surface area contributed by atoms with Crippen LogP contribution >= 0.6 is 11.3 Å². The minimum absolute atomic E-state index is 0.0738. The van der Waals surface area contributed by atoms with Gasteiger partial charge in [0.2, 0.25) is 5.91 Å². The summed E-state index contributed by atoms with van der Waals surface area (Å²) >= 11 is 1.52. The monoisotopic (exact) mass is 279 g/mol. The zero-order chi connectivity index (χ0) is 14.3. The molecular formula is C15H21NO2S. The molecule has 1 heterocycles. The van der Waals surface area contributed by atoms with Gasteiger partial charge in [-0.3, -0.25) is 4.79 Å². The fraction of sp³-hybridized carbons (Fsp3) is 0.400. The Kier molecular flexibility index (Phi) is 5.99. The fourth-order valence-electron chi connectivity index (χ4n) is 1.79. The van der Waals surface area contributed by atoms with Crippen molar-refractivity contribution in [2.45, 2.75) is 25.4 Å². The second-order valence-corrected chi connectivity index (χ2v) is 5.53. The van der Waals surface area contributed by atoms with Crippen LogP contribution in [0.25, 0.3) is 0 Å². The van der Waals surface area contributed by atoms with E-state index < -0.39 is 5.60 Å². The van der Waals surface area contributed by atoms with Gasteiger partial charge in [0.25, 0.3) is 0 Å². The van der Waals surface area contributed by atoms with Crippen LogP contribution in [-0.4, -0.2) is 17.6 Å². The molecule has 1 aromatic rings. The molecule has 0 saturated carbocycles. The molecule has 4 heteroatoms. The quantitative estimate of drug-likeness (QED) is 0.719. The maximum Gasteiger partial charge on any atom is 0.223 e. The topological polar surface area (TPSA) is 49.3 Å². The zero-order valence-corrected chi connectivity index (χ0v) is 12.1. The van der Waals surface area contributed by atoms with Crippen molar-refractivity contribution in [3.63, 3.8) is 0 Å². The number of nitrogens with one attached hydrogen (secondary N) is 1. The normalized spacial score (nSPS) is 13.8. The van der Waals surface area contributed by atoms with Crippen LogP contribution < -0.4 is 5.32 Å². The number of carbonyl (C=O) groups excluding carboxylic acids is 1. The number of hydrogen-bond acceptors (Lipinski definition) is 3. The van der Waals surface area contributed by atoms with E-state index in [9.17, 15) is 9.90 Å². The van der Waals surface area contributed by atoms with Crippen molar-refractivity contribution in [3.05, 3.63) is 47.7 Å². The molecule has 1 atom stereocenters. The molecule has 104 valence electrons. The molecule has 0 saturated heterocycles. The first-order valence-corrected chi connectivity index (χ1v) is 7.20. The summed E-state index contributed by atoms with van der Waals surface area (Å²) < 4.78 is 0. The molecule has 1 amide bonds. The van der Waals surface area contributed by atoms with Gasteiger partial charge in [0.15, 0.2) is 0 Å². The molecule has 1 rings (SSSR count). The highest BCUT2D eigenvalue weighted by Gasteiger charge is 2.25. The Morgan fingerprint density at radius 2 is 2.16 bits per heavy atom. The third-order valence-corrected chi connectivity index (χ3v) is 3.71. The average Bonchev–Trinajstić information content (AvgIpc) is 2.90. The summed E-state index contributed by atoms with van der Waals surface area (Å²) in [7, 11) is 0. The smallest absolute Gasteiger partial charge is 0.223 e. The molecule has 0 spiro atoms. The molecule has 1 unspecified atom stereocenters. The number of rotatable bonds is 8. The molecule has 0 radical (unpaired) electrons. The predicted molar refractivity (Wildman–Crippen MR) is 80.0 cm³/mol. The molecule has 3 nitrogen and oxygen atoms in total. The first-order chi connectivity index (χ1) is 9.01.